The van der Waals surface area contributed by atoms with Gasteiger partial charge in [0.2, 0.25) is 5.91 Å². The minimum absolute atomic E-state index is 0.169. The van der Waals surface area contributed by atoms with Gasteiger partial charge in [0.05, 0.1) is 5.41 Å². The molecule has 0 bridgehead atoms. The number of carbonyl (C=O) groups is 1. The fraction of sp³-hybridized carbons (Fsp3) is 0.929. The fourth-order valence-corrected chi connectivity index (χ4v) is 3.14. The third kappa shape index (κ3) is 3.01. The summed E-state index contributed by atoms with van der Waals surface area (Å²) < 4.78 is 0. The molecule has 1 saturated carbocycles. The number of rotatable bonds is 3. The molecular formula is C14H26N2O. The molecule has 0 aromatic rings. The average molecular weight is 238 g/mol. The van der Waals surface area contributed by atoms with Gasteiger partial charge in [-0.1, -0.05) is 26.2 Å². The summed E-state index contributed by atoms with van der Waals surface area (Å²) in [4.78, 5) is 12.2. The molecule has 2 N–H and O–H groups in total. The van der Waals surface area contributed by atoms with Crippen LogP contribution in [0.25, 0.3) is 0 Å². The number of hydrogen-bond donors (Lipinski definition) is 2. The summed E-state index contributed by atoms with van der Waals surface area (Å²) in [6.07, 6.45) is 6.30. The first kappa shape index (κ1) is 12.9. The highest BCUT2D eigenvalue weighted by Crippen LogP contribution is 2.29. The van der Waals surface area contributed by atoms with Gasteiger partial charge in [0.25, 0.3) is 0 Å². The Hall–Kier alpha value is -0.570. The zero-order chi connectivity index (χ0) is 12.3. The second-order valence-corrected chi connectivity index (χ2v) is 6.22. The van der Waals surface area contributed by atoms with Crippen LogP contribution in [-0.4, -0.2) is 25.5 Å². The molecule has 2 rings (SSSR count). The van der Waals surface area contributed by atoms with Crippen LogP contribution < -0.4 is 10.6 Å². The van der Waals surface area contributed by atoms with Crippen LogP contribution in [0.3, 0.4) is 0 Å². The van der Waals surface area contributed by atoms with Crippen molar-refractivity contribution in [2.45, 2.75) is 46.0 Å². The van der Waals surface area contributed by atoms with Crippen LogP contribution in [0.1, 0.15) is 46.0 Å². The van der Waals surface area contributed by atoms with Crippen LogP contribution >= 0.6 is 0 Å². The van der Waals surface area contributed by atoms with Gasteiger partial charge >= 0.3 is 0 Å². The zero-order valence-electron chi connectivity index (χ0n) is 11.2. The maximum atomic E-state index is 12.2. The lowest BCUT2D eigenvalue weighted by molar-refractivity contribution is -0.129. The summed E-state index contributed by atoms with van der Waals surface area (Å²) in [5.41, 5.74) is -0.169. The smallest absolute Gasteiger partial charge is 0.227 e. The van der Waals surface area contributed by atoms with E-state index in [1.54, 1.807) is 0 Å². The van der Waals surface area contributed by atoms with Gasteiger partial charge in [0, 0.05) is 13.1 Å². The molecule has 0 radical (unpaired) electrons. The van der Waals surface area contributed by atoms with E-state index in [0.29, 0.717) is 5.92 Å². The summed E-state index contributed by atoms with van der Waals surface area (Å²) in [6.45, 7) is 7.10. The van der Waals surface area contributed by atoms with Crippen LogP contribution in [0.2, 0.25) is 0 Å². The van der Waals surface area contributed by atoms with Crippen molar-refractivity contribution in [3.63, 3.8) is 0 Å². The van der Waals surface area contributed by atoms with Gasteiger partial charge in [0.1, 0.15) is 0 Å². The van der Waals surface area contributed by atoms with Gasteiger partial charge in [-0.3, -0.25) is 4.79 Å². The molecule has 0 spiro atoms. The molecule has 2 aliphatic rings. The van der Waals surface area contributed by atoms with Gasteiger partial charge in [-0.2, -0.15) is 0 Å². The number of nitrogens with one attached hydrogen (secondary N) is 2. The highest BCUT2D eigenvalue weighted by atomic mass is 16.2. The molecule has 2 fully saturated rings. The lowest BCUT2D eigenvalue weighted by atomic mass is 9.80. The first-order valence-corrected chi connectivity index (χ1v) is 7.11. The van der Waals surface area contributed by atoms with Gasteiger partial charge < -0.3 is 10.6 Å². The zero-order valence-corrected chi connectivity index (χ0v) is 11.2. The molecular weight excluding hydrogens is 212 g/mol. The first-order valence-electron chi connectivity index (χ1n) is 7.11. The Labute approximate surface area is 105 Å². The van der Waals surface area contributed by atoms with Crippen molar-refractivity contribution >= 4 is 5.91 Å². The molecule has 3 nitrogen and oxygen atoms in total. The molecule has 98 valence electrons. The van der Waals surface area contributed by atoms with Gasteiger partial charge in [-0.15, -0.1) is 0 Å². The van der Waals surface area contributed by atoms with E-state index in [4.69, 9.17) is 0 Å². The minimum atomic E-state index is -0.169. The standard InChI is InChI=1S/C14H26N2O/c1-11-5-3-4-6-12(11)9-16-13(17)14(2)7-8-15-10-14/h11-12,15H,3-10H2,1-2H3,(H,16,17). The number of hydrogen-bond acceptors (Lipinski definition) is 2. The van der Waals surface area contributed by atoms with Crippen LogP contribution in [0, 0.1) is 17.3 Å². The molecule has 17 heavy (non-hydrogen) atoms. The second kappa shape index (κ2) is 5.38. The Morgan fingerprint density at radius 2 is 2.18 bits per heavy atom. The predicted molar refractivity (Wildman–Crippen MR) is 69.7 cm³/mol. The SMILES string of the molecule is CC1CCCCC1CNC(=O)C1(C)CCNC1. The quantitative estimate of drug-likeness (QED) is 0.789. The summed E-state index contributed by atoms with van der Waals surface area (Å²) in [5, 5.41) is 6.47. The second-order valence-electron chi connectivity index (χ2n) is 6.22. The number of amides is 1. The maximum absolute atomic E-state index is 12.2. The van der Waals surface area contributed by atoms with E-state index in [-0.39, 0.29) is 11.3 Å². The highest BCUT2D eigenvalue weighted by Gasteiger charge is 2.36. The van der Waals surface area contributed by atoms with Crippen molar-refractivity contribution in [1.82, 2.24) is 10.6 Å². The third-order valence-corrected chi connectivity index (χ3v) is 4.73. The first-order chi connectivity index (χ1) is 8.12. The van der Waals surface area contributed by atoms with E-state index in [2.05, 4.69) is 24.5 Å². The van der Waals surface area contributed by atoms with Crippen molar-refractivity contribution in [2.24, 2.45) is 17.3 Å². The van der Waals surface area contributed by atoms with Gasteiger partial charge in [0.15, 0.2) is 0 Å². The summed E-state index contributed by atoms with van der Waals surface area (Å²) in [6, 6.07) is 0. The maximum Gasteiger partial charge on any atom is 0.227 e. The summed E-state index contributed by atoms with van der Waals surface area (Å²) in [7, 11) is 0. The van der Waals surface area contributed by atoms with Gasteiger partial charge in [-0.25, -0.2) is 0 Å². The Kier molecular flexibility index (Phi) is 4.08. The minimum Gasteiger partial charge on any atom is -0.355 e. The van der Waals surface area contributed by atoms with Crippen molar-refractivity contribution in [1.29, 1.82) is 0 Å². The van der Waals surface area contributed by atoms with Crippen LogP contribution in [-0.2, 0) is 4.79 Å². The molecule has 3 unspecified atom stereocenters. The Morgan fingerprint density at radius 3 is 2.82 bits per heavy atom. The summed E-state index contributed by atoms with van der Waals surface area (Å²) >= 11 is 0. The van der Waals surface area contributed by atoms with Gasteiger partial charge in [-0.05, 0) is 38.1 Å². The molecule has 3 atom stereocenters. The topological polar surface area (TPSA) is 41.1 Å². The van der Waals surface area contributed by atoms with Crippen molar-refractivity contribution in [3.05, 3.63) is 0 Å². The molecule has 1 amide bonds. The van der Waals surface area contributed by atoms with E-state index in [0.717, 1.165) is 32.0 Å². The molecule has 3 heteroatoms. The third-order valence-electron chi connectivity index (χ3n) is 4.73. The summed E-state index contributed by atoms with van der Waals surface area (Å²) in [5.74, 6) is 1.73. The monoisotopic (exact) mass is 238 g/mol. The molecule has 1 aliphatic heterocycles. The normalized spacial score (nSPS) is 38.0. The van der Waals surface area contributed by atoms with Crippen LogP contribution in [0.5, 0.6) is 0 Å². The van der Waals surface area contributed by atoms with E-state index < -0.39 is 0 Å². The predicted octanol–water partition coefficient (Wildman–Crippen LogP) is 1.93. The fourth-order valence-electron chi connectivity index (χ4n) is 3.14. The van der Waals surface area contributed by atoms with E-state index >= 15 is 0 Å². The largest absolute Gasteiger partial charge is 0.355 e. The van der Waals surface area contributed by atoms with Crippen LogP contribution in [0.15, 0.2) is 0 Å². The molecule has 1 aliphatic carbocycles. The van der Waals surface area contributed by atoms with E-state index in [1.807, 2.05) is 0 Å². The molecule has 1 saturated heterocycles. The number of carbonyl (C=O) groups excluding carboxylic acids is 1. The van der Waals surface area contributed by atoms with Crippen molar-refractivity contribution < 1.29 is 4.79 Å². The van der Waals surface area contributed by atoms with E-state index in [1.165, 1.54) is 25.7 Å². The highest BCUT2D eigenvalue weighted by molar-refractivity contribution is 5.82. The van der Waals surface area contributed by atoms with Crippen molar-refractivity contribution in [2.75, 3.05) is 19.6 Å². The molecule has 0 aromatic heterocycles. The lowest BCUT2D eigenvalue weighted by Gasteiger charge is -2.30. The van der Waals surface area contributed by atoms with Crippen molar-refractivity contribution in [3.8, 4) is 0 Å². The average Bonchev–Trinajstić information content (AvgIpc) is 2.76. The molecule has 0 aromatic carbocycles. The van der Waals surface area contributed by atoms with Crippen LogP contribution in [0.4, 0.5) is 0 Å². The molecule has 1 heterocycles. The van der Waals surface area contributed by atoms with E-state index in [9.17, 15) is 4.79 Å². The Bertz CT molecular complexity index is 271. The Balaban J connectivity index is 1.79. The lowest BCUT2D eigenvalue weighted by Crippen LogP contribution is -2.43. The Morgan fingerprint density at radius 1 is 1.41 bits per heavy atom.